The molecule has 0 fully saturated rings. The minimum atomic E-state index is -3.61. The molecule has 0 bridgehead atoms. The quantitative estimate of drug-likeness (QED) is 0.525. The van der Waals surface area contributed by atoms with Gasteiger partial charge >= 0.3 is 0 Å². The highest BCUT2D eigenvalue weighted by Gasteiger charge is 2.28. The Bertz CT molecular complexity index is 1180. The third-order valence-corrected chi connectivity index (χ3v) is 7.39. The lowest BCUT2D eigenvalue weighted by Crippen LogP contribution is -2.32. The van der Waals surface area contributed by atoms with Crippen LogP contribution >= 0.6 is 11.6 Å². The van der Waals surface area contributed by atoms with Crippen molar-refractivity contribution in [2.45, 2.75) is 31.6 Å². The van der Waals surface area contributed by atoms with Crippen LogP contribution in [-0.4, -0.2) is 25.9 Å². The molecule has 0 atom stereocenters. The molecule has 162 valence electrons. The van der Waals surface area contributed by atoms with Crippen molar-refractivity contribution >= 4 is 21.6 Å². The van der Waals surface area contributed by atoms with Crippen molar-refractivity contribution in [3.63, 3.8) is 0 Å². The molecule has 3 aromatic rings. The highest BCUT2D eigenvalue weighted by molar-refractivity contribution is 7.89. The Morgan fingerprint density at radius 1 is 1.03 bits per heavy atom. The van der Waals surface area contributed by atoms with Crippen molar-refractivity contribution in [1.29, 1.82) is 0 Å². The summed E-state index contributed by atoms with van der Waals surface area (Å²) in [6.45, 7) is 3.53. The summed E-state index contributed by atoms with van der Waals surface area (Å²) in [7, 11) is -3.61. The van der Waals surface area contributed by atoms with Crippen molar-refractivity contribution in [1.82, 2.24) is 4.31 Å². The highest BCUT2D eigenvalue weighted by Crippen LogP contribution is 2.28. The van der Waals surface area contributed by atoms with Crippen molar-refractivity contribution in [3.8, 4) is 5.75 Å². The second-order valence-corrected chi connectivity index (χ2v) is 9.87. The Kier molecular flexibility index (Phi) is 6.62. The van der Waals surface area contributed by atoms with Crippen LogP contribution in [0.5, 0.6) is 5.75 Å². The number of sulfonamides is 1. The molecule has 0 saturated heterocycles. The number of fused-ring (bicyclic) bond motifs is 1. The summed E-state index contributed by atoms with van der Waals surface area (Å²) in [5.41, 5.74) is 3.61. The molecule has 1 aliphatic heterocycles. The van der Waals surface area contributed by atoms with E-state index in [0.29, 0.717) is 42.0 Å². The van der Waals surface area contributed by atoms with Crippen LogP contribution in [0.15, 0.2) is 71.6 Å². The average Bonchev–Trinajstić information content (AvgIpc) is 2.98. The van der Waals surface area contributed by atoms with Crippen LogP contribution in [-0.2, 0) is 34.5 Å². The molecule has 1 heterocycles. The van der Waals surface area contributed by atoms with Gasteiger partial charge in [-0.05, 0) is 53.9 Å². The Morgan fingerprint density at radius 3 is 2.68 bits per heavy atom. The monoisotopic (exact) mass is 457 g/mol. The average molecular weight is 458 g/mol. The molecule has 0 N–H and O–H groups in total. The normalized spacial score (nSPS) is 14.5. The summed E-state index contributed by atoms with van der Waals surface area (Å²) >= 11 is 6.18. The SMILES string of the molecule is Cc1cccc(S(=O)(=O)N2CCOc3ccc(COCc4ccccc4Cl)cc3C2)c1. The standard InChI is InChI=1S/C24H24ClNO4S/c1-18-5-4-7-22(13-18)31(27,28)26-11-12-30-24-10-9-19(14-21(24)15-26)16-29-17-20-6-2-3-8-23(20)25/h2-10,13-14H,11-12,15-17H2,1H3. The van der Waals surface area contributed by atoms with Crippen molar-refractivity contribution in [2.24, 2.45) is 0 Å². The first-order valence-corrected chi connectivity index (χ1v) is 11.9. The topological polar surface area (TPSA) is 55.8 Å². The van der Waals surface area contributed by atoms with Gasteiger partial charge in [-0.2, -0.15) is 4.31 Å². The molecule has 0 aliphatic carbocycles. The number of hydrogen-bond donors (Lipinski definition) is 0. The van der Waals surface area contributed by atoms with E-state index in [1.54, 1.807) is 18.2 Å². The lowest BCUT2D eigenvalue weighted by Gasteiger charge is -2.20. The third-order valence-electron chi connectivity index (χ3n) is 5.18. The minimum Gasteiger partial charge on any atom is -0.492 e. The van der Waals surface area contributed by atoms with Gasteiger partial charge in [0.1, 0.15) is 12.4 Å². The number of hydrogen-bond acceptors (Lipinski definition) is 4. The maximum absolute atomic E-state index is 13.2. The fourth-order valence-corrected chi connectivity index (χ4v) is 5.24. The zero-order valence-electron chi connectivity index (χ0n) is 17.3. The second kappa shape index (κ2) is 9.40. The van der Waals surface area contributed by atoms with Crippen LogP contribution in [0.2, 0.25) is 5.02 Å². The first-order chi connectivity index (χ1) is 14.9. The molecule has 4 rings (SSSR count). The number of halogens is 1. The van der Waals surface area contributed by atoms with Gasteiger partial charge in [-0.25, -0.2) is 8.42 Å². The van der Waals surface area contributed by atoms with Crippen LogP contribution in [0.4, 0.5) is 0 Å². The van der Waals surface area contributed by atoms with Gasteiger partial charge in [0.15, 0.2) is 0 Å². The molecular weight excluding hydrogens is 434 g/mol. The fraction of sp³-hybridized carbons (Fsp3) is 0.250. The fourth-order valence-electron chi connectivity index (χ4n) is 3.54. The van der Waals surface area contributed by atoms with E-state index in [4.69, 9.17) is 21.1 Å². The number of ether oxygens (including phenoxy) is 2. The van der Waals surface area contributed by atoms with Crippen molar-refractivity contribution in [3.05, 3.63) is 94.0 Å². The Labute approximate surface area is 188 Å². The summed E-state index contributed by atoms with van der Waals surface area (Å²) in [5.74, 6) is 0.705. The van der Waals surface area contributed by atoms with E-state index in [-0.39, 0.29) is 6.54 Å². The smallest absolute Gasteiger partial charge is 0.243 e. The molecule has 0 unspecified atom stereocenters. The van der Waals surface area contributed by atoms with Crippen molar-refractivity contribution in [2.75, 3.05) is 13.2 Å². The van der Waals surface area contributed by atoms with Gasteiger partial charge in [0, 0.05) is 23.7 Å². The van der Waals surface area contributed by atoms with E-state index in [0.717, 1.165) is 22.3 Å². The first kappa shape index (κ1) is 21.8. The van der Waals surface area contributed by atoms with Crippen LogP contribution < -0.4 is 4.74 Å². The number of benzene rings is 3. The molecule has 0 aromatic heterocycles. The molecule has 1 aliphatic rings. The number of aryl methyl sites for hydroxylation is 1. The van der Waals surface area contributed by atoms with Crippen LogP contribution in [0.25, 0.3) is 0 Å². The summed E-state index contributed by atoms with van der Waals surface area (Å²) in [4.78, 5) is 0.301. The third kappa shape index (κ3) is 5.10. The molecule has 0 saturated carbocycles. The van der Waals surface area contributed by atoms with Gasteiger partial charge in [-0.1, -0.05) is 48.0 Å². The first-order valence-electron chi connectivity index (χ1n) is 10.1. The summed E-state index contributed by atoms with van der Waals surface area (Å²) < 4.78 is 39.5. The lowest BCUT2D eigenvalue weighted by molar-refractivity contribution is 0.107. The second-order valence-electron chi connectivity index (χ2n) is 7.53. The van der Waals surface area contributed by atoms with E-state index >= 15 is 0 Å². The van der Waals surface area contributed by atoms with E-state index in [9.17, 15) is 8.42 Å². The van der Waals surface area contributed by atoms with Gasteiger partial charge in [0.05, 0.1) is 18.1 Å². The van der Waals surface area contributed by atoms with E-state index in [1.165, 1.54) is 4.31 Å². The maximum Gasteiger partial charge on any atom is 0.243 e. The molecule has 0 amide bonds. The van der Waals surface area contributed by atoms with Crippen LogP contribution in [0, 0.1) is 6.92 Å². The zero-order valence-corrected chi connectivity index (χ0v) is 18.8. The molecule has 7 heteroatoms. The molecule has 31 heavy (non-hydrogen) atoms. The van der Waals surface area contributed by atoms with Crippen molar-refractivity contribution < 1.29 is 17.9 Å². The Hall–Kier alpha value is -2.38. The largest absolute Gasteiger partial charge is 0.492 e. The van der Waals surface area contributed by atoms with E-state index in [2.05, 4.69) is 0 Å². The lowest BCUT2D eigenvalue weighted by atomic mass is 10.1. The highest BCUT2D eigenvalue weighted by atomic mass is 35.5. The molecule has 0 spiro atoms. The molecular formula is C24H24ClNO4S. The molecule has 3 aromatic carbocycles. The van der Waals surface area contributed by atoms with E-state index in [1.807, 2.05) is 55.5 Å². The summed E-state index contributed by atoms with van der Waals surface area (Å²) in [6, 6.07) is 20.3. The number of nitrogens with zero attached hydrogens (tertiary/aromatic N) is 1. The predicted octanol–water partition coefficient (Wildman–Crippen LogP) is 4.95. The molecule has 0 radical (unpaired) electrons. The zero-order chi connectivity index (χ0) is 21.8. The summed E-state index contributed by atoms with van der Waals surface area (Å²) in [5, 5.41) is 0.676. The minimum absolute atomic E-state index is 0.254. The van der Waals surface area contributed by atoms with Gasteiger partial charge in [-0.3, -0.25) is 0 Å². The van der Waals surface area contributed by atoms with E-state index < -0.39 is 10.0 Å². The Balaban J connectivity index is 1.49. The summed E-state index contributed by atoms with van der Waals surface area (Å²) in [6.07, 6.45) is 0. The van der Waals surface area contributed by atoms with Gasteiger partial charge in [0.2, 0.25) is 10.0 Å². The molecule has 5 nitrogen and oxygen atoms in total. The van der Waals surface area contributed by atoms with Crippen LogP contribution in [0.1, 0.15) is 22.3 Å². The Morgan fingerprint density at radius 2 is 1.87 bits per heavy atom. The van der Waals surface area contributed by atoms with Gasteiger partial charge < -0.3 is 9.47 Å². The van der Waals surface area contributed by atoms with Gasteiger partial charge in [0.25, 0.3) is 0 Å². The number of rotatable bonds is 6. The maximum atomic E-state index is 13.2. The predicted molar refractivity (Wildman–Crippen MR) is 121 cm³/mol. The van der Waals surface area contributed by atoms with Crippen LogP contribution in [0.3, 0.4) is 0 Å². The van der Waals surface area contributed by atoms with Gasteiger partial charge in [-0.15, -0.1) is 0 Å².